The smallest absolute Gasteiger partial charge is 0.231 e. The standard InChI is InChI=1S/C22H19O3/c1-14-4-10-19(16-5-8-18(23-3)9-6-16)15(2)22(14)17-7-11-20-21(12-17)25-13-24-20/h4-9,11-12H,13H2,1-3H3. The molecule has 0 aliphatic carbocycles. The highest BCUT2D eigenvalue weighted by Crippen LogP contribution is 2.40. The van der Waals surface area contributed by atoms with Crippen molar-refractivity contribution in [2.45, 2.75) is 13.8 Å². The van der Waals surface area contributed by atoms with Crippen molar-refractivity contribution < 1.29 is 14.2 Å². The number of benzene rings is 3. The van der Waals surface area contributed by atoms with Crippen LogP contribution in [0.3, 0.4) is 0 Å². The van der Waals surface area contributed by atoms with Gasteiger partial charge in [0.05, 0.1) is 7.11 Å². The Morgan fingerprint density at radius 2 is 1.64 bits per heavy atom. The van der Waals surface area contributed by atoms with Crippen molar-refractivity contribution in [2.24, 2.45) is 0 Å². The van der Waals surface area contributed by atoms with Gasteiger partial charge in [-0.2, -0.15) is 0 Å². The van der Waals surface area contributed by atoms with E-state index in [0.29, 0.717) is 0 Å². The van der Waals surface area contributed by atoms with Crippen molar-refractivity contribution >= 4 is 0 Å². The lowest BCUT2D eigenvalue weighted by Gasteiger charge is -2.15. The molecule has 0 bridgehead atoms. The minimum atomic E-state index is 0.288. The molecule has 0 saturated heterocycles. The molecule has 0 atom stereocenters. The molecule has 3 aromatic rings. The molecular weight excluding hydrogens is 312 g/mol. The molecule has 1 aliphatic rings. The molecule has 1 radical (unpaired) electrons. The van der Waals surface area contributed by atoms with E-state index in [1.165, 1.54) is 16.7 Å². The third kappa shape index (κ3) is 2.72. The van der Waals surface area contributed by atoms with Gasteiger partial charge in [-0.15, -0.1) is 0 Å². The number of hydrogen-bond acceptors (Lipinski definition) is 3. The van der Waals surface area contributed by atoms with E-state index in [4.69, 9.17) is 14.2 Å². The van der Waals surface area contributed by atoms with Crippen LogP contribution < -0.4 is 14.2 Å². The first-order valence-electron chi connectivity index (χ1n) is 8.23. The normalized spacial score (nSPS) is 12.3. The summed E-state index contributed by atoms with van der Waals surface area (Å²) in [5.74, 6) is 2.46. The fourth-order valence-corrected chi connectivity index (χ4v) is 3.34. The Morgan fingerprint density at radius 3 is 2.40 bits per heavy atom. The molecule has 25 heavy (non-hydrogen) atoms. The first-order valence-corrected chi connectivity index (χ1v) is 8.23. The maximum atomic E-state index is 5.54. The fraction of sp³-hybridized carbons (Fsp3) is 0.182. The highest BCUT2D eigenvalue weighted by Gasteiger charge is 2.17. The van der Waals surface area contributed by atoms with Crippen LogP contribution >= 0.6 is 0 Å². The summed E-state index contributed by atoms with van der Waals surface area (Å²) < 4.78 is 16.2. The highest BCUT2D eigenvalue weighted by atomic mass is 16.7. The summed E-state index contributed by atoms with van der Waals surface area (Å²) in [6.45, 7) is 4.54. The van der Waals surface area contributed by atoms with Gasteiger partial charge in [-0.05, 0) is 77.6 Å². The van der Waals surface area contributed by atoms with Gasteiger partial charge in [0, 0.05) is 0 Å². The number of methoxy groups -OCH3 is 1. The van der Waals surface area contributed by atoms with Crippen LogP contribution in [0.1, 0.15) is 11.1 Å². The first kappa shape index (κ1) is 15.6. The number of hydrogen-bond donors (Lipinski definition) is 0. The minimum absolute atomic E-state index is 0.288. The van der Waals surface area contributed by atoms with E-state index in [2.05, 4.69) is 44.2 Å². The SMILES string of the molecule is COc1ccc(-c2[c]cc(C)c(-c3ccc4c(c3)OCO4)c2C)cc1. The van der Waals surface area contributed by atoms with Gasteiger partial charge in [0.15, 0.2) is 11.5 Å². The van der Waals surface area contributed by atoms with Gasteiger partial charge in [0.25, 0.3) is 0 Å². The van der Waals surface area contributed by atoms with Crippen LogP contribution in [-0.4, -0.2) is 13.9 Å². The summed E-state index contributed by atoms with van der Waals surface area (Å²) in [4.78, 5) is 0. The molecular formula is C22H19O3. The largest absolute Gasteiger partial charge is 0.497 e. The zero-order chi connectivity index (χ0) is 17.4. The summed E-state index contributed by atoms with van der Waals surface area (Å²) in [5, 5.41) is 0. The van der Waals surface area contributed by atoms with Crippen LogP contribution in [0.15, 0.2) is 48.5 Å². The van der Waals surface area contributed by atoms with E-state index in [1.54, 1.807) is 7.11 Å². The van der Waals surface area contributed by atoms with Crippen LogP contribution in [0, 0.1) is 19.9 Å². The third-order valence-electron chi connectivity index (χ3n) is 4.62. The van der Waals surface area contributed by atoms with Crippen molar-refractivity contribution in [3.05, 3.63) is 65.7 Å². The van der Waals surface area contributed by atoms with E-state index in [0.717, 1.165) is 33.9 Å². The average molecular weight is 331 g/mol. The molecule has 0 N–H and O–H groups in total. The Labute approximate surface area is 147 Å². The van der Waals surface area contributed by atoms with Gasteiger partial charge in [-0.3, -0.25) is 0 Å². The molecule has 0 amide bonds. The summed E-state index contributed by atoms with van der Waals surface area (Å²) in [6.07, 6.45) is 0. The van der Waals surface area contributed by atoms with Gasteiger partial charge in [-0.1, -0.05) is 24.3 Å². The molecule has 3 aromatic carbocycles. The van der Waals surface area contributed by atoms with Crippen molar-refractivity contribution in [3.63, 3.8) is 0 Å². The minimum Gasteiger partial charge on any atom is -0.497 e. The predicted octanol–water partition coefficient (Wildman–Crippen LogP) is 5.17. The van der Waals surface area contributed by atoms with Gasteiger partial charge in [0.2, 0.25) is 6.79 Å². The second-order valence-electron chi connectivity index (χ2n) is 6.14. The summed E-state index contributed by atoms with van der Waals surface area (Å²) >= 11 is 0. The van der Waals surface area contributed by atoms with Crippen molar-refractivity contribution in [2.75, 3.05) is 13.9 Å². The number of ether oxygens (including phenoxy) is 3. The molecule has 0 unspecified atom stereocenters. The maximum absolute atomic E-state index is 5.54. The van der Waals surface area contributed by atoms with Gasteiger partial charge in [0.1, 0.15) is 5.75 Å². The summed E-state index contributed by atoms with van der Waals surface area (Å²) in [6, 6.07) is 19.7. The van der Waals surface area contributed by atoms with Crippen LogP contribution in [0.25, 0.3) is 22.3 Å². The second-order valence-corrected chi connectivity index (χ2v) is 6.14. The molecule has 1 heterocycles. The van der Waals surface area contributed by atoms with Gasteiger partial charge < -0.3 is 14.2 Å². The lowest BCUT2D eigenvalue weighted by atomic mass is 9.89. The van der Waals surface area contributed by atoms with Gasteiger partial charge in [-0.25, -0.2) is 0 Å². The zero-order valence-corrected chi connectivity index (χ0v) is 14.6. The molecule has 3 nitrogen and oxygen atoms in total. The first-order chi connectivity index (χ1) is 12.2. The van der Waals surface area contributed by atoms with Crippen LogP contribution in [0.4, 0.5) is 0 Å². The Morgan fingerprint density at radius 1 is 0.920 bits per heavy atom. The lowest BCUT2D eigenvalue weighted by molar-refractivity contribution is 0.174. The molecule has 4 rings (SSSR count). The Bertz CT molecular complexity index is 927. The zero-order valence-electron chi connectivity index (χ0n) is 14.6. The number of rotatable bonds is 3. The Balaban J connectivity index is 1.83. The highest BCUT2D eigenvalue weighted by molar-refractivity contribution is 5.81. The molecule has 3 heteroatoms. The predicted molar refractivity (Wildman–Crippen MR) is 98.3 cm³/mol. The molecule has 1 aliphatic heterocycles. The Kier molecular flexibility index (Phi) is 3.85. The van der Waals surface area contributed by atoms with E-state index >= 15 is 0 Å². The van der Waals surface area contributed by atoms with E-state index < -0.39 is 0 Å². The van der Waals surface area contributed by atoms with Crippen molar-refractivity contribution in [1.29, 1.82) is 0 Å². The topological polar surface area (TPSA) is 27.7 Å². The van der Waals surface area contributed by atoms with Crippen LogP contribution in [0.5, 0.6) is 17.2 Å². The summed E-state index contributed by atoms with van der Waals surface area (Å²) in [7, 11) is 1.68. The molecule has 0 fully saturated rings. The molecule has 125 valence electrons. The van der Waals surface area contributed by atoms with E-state index in [1.807, 2.05) is 24.3 Å². The average Bonchev–Trinajstić information content (AvgIpc) is 3.10. The third-order valence-corrected chi connectivity index (χ3v) is 4.62. The van der Waals surface area contributed by atoms with Crippen molar-refractivity contribution in [3.8, 4) is 39.5 Å². The fourth-order valence-electron chi connectivity index (χ4n) is 3.34. The quantitative estimate of drug-likeness (QED) is 0.662. The number of fused-ring (bicyclic) bond motifs is 1. The van der Waals surface area contributed by atoms with Crippen LogP contribution in [-0.2, 0) is 0 Å². The Hall–Kier alpha value is -2.94. The summed E-state index contributed by atoms with van der Waals surface area (Å²) in [5.41, 5.74) is 6.95. The second kappa shape index (κ2) is 6.17. The lowest BCUT2D eigenvalue weighted by Crippen LogP contribution is -1.93. The monoisotopic (exact) mass is 331 g/mol. The van der Waals surface area contributed by atoms with Gasteiger partial charge >= 0.3 is 0 Å². The van der Waals surface area contributed by atoms with Crippen molar-refractivity contribution in [1.82, 2.24) is 0 Å². The number of aryl methyl sites for hydroxylation is 1. The molecule has 0 saturated carbocycles. The van der Waals surface area contributed by atoms with Crippen LogP contribution in [0.2, 0.25) is 0 Å². The molecule has 0 aromatic heterocycles. The maximum Gasteiger partial charge on any atom is 0.231 e. The molecule has 0 spiro atoms. The van der Waals surface area contributed by atoms with E-state index in [-0.39, 0.29) is 6.79 Å². The van der Waals surface area contributed by atoms with E-state index in [9.17, 15) is 0 Å².